The van der Waals surface area contributed by atoms with Crippen molar-refractivity contribution < 1.29 is 24.8 Å². The number of para-hydroxylation sites is 3. The van der Waals surface area contributed by atoms with Crippen LogP contribution in [0.15, 0.2) is 248 Å². The number of hydrogen-bond acceptors (Lipinski definition) is 22. The molecular formula is C105H107N17O5. The molecule has 18 aromatic rings. The van der Waals surface area contributed by atoms with Gasteiger partial charge in [-0.1, -0.05) is 91.0 Å². The number of aromatic nitrogens is 7. The molecule has 0 fully saturated rings. The fourth-order valence-corrected chi connectivity index (χ4v) is 18.8. The van der Waals surface area contributed by atoms with Crippen LogP contribution >= 0.6 is 0 Å². The van der Waals surface area contributed by atoms with Gasteiger partial charge in [-0.2, -0.15) is 0 Å². The molecule has 22 nitrogen and oxygen atoms in total. The molecule has 5 aliphatic rings. The quantitative estimate of drug-likeness (QED) is 0.140. The van der Waals surface area contributed by atoms with Gasteiger partial charge in [-0.25, -0.2) is 34.9 Å². The Bertz CT molecular complexity index is 7400. The third kappa shape index (κ3) is 14.1. The molecule has 0 saturated carbocycles. The van der Waals surface area contributed by atoms with Crippen molar-refractivity contribution in [3.05, 3.63) is 282 Å². The average Bonchev–Trinajstić information content (AvgIpc) is 1.57. The first kappa shape index (κ1) is 79.7. The first-order chi connectivity index (χ1) is 61.8. The first-order valence-electron chi connectivity index (χ1n) is 44.5. The molecule has 0 N–H and O–H groups in total. The van der Waals surface area contributed by atoms with Crippen molar-refractivity contribution in [3.63, 3.8) is 0 Å². The molecule has 5 atom stereocenters. The second kappa shape index (κ2) is 32.3. The van der Waals surface area contributed by atoms with Crippen LogP contribution in [0.5, 0.6) is 0 Å². The highest BCUT2D eigenvalue weighted by Gasteiger charge is 2.41. The fraction of sp³-hybridized carbons (Fsp3) is 0.267. The smallest absolute Gasteiger partial charge is 0.227 e. The second-order valence-electron chi connectivity index (χ2n) is 34.5. The summed E-state index contributed by atoms with van der Waals surface area (Å²) >= 11 is 0. The van der Waals surface area contributed by atoms with E-state index in [1.54, 1.807) is 12.4 Å². The average molecular weight is 1690 g/mol. The summed E-state index contributed by atoms with van der Waals surface area (Å²) in [4.78, 5) is 54.2. The lowest BCUT2D eigenvalue weighted by molar-refractivity contribution is 0.263. The summed E-state index contributed by atoms with van der Waals surface area (Å²) in [6.07, 6.45) is 16.3. The molecule has 0 radical (unpaired) electrons. The normalized spacial score (nSPS) is 17.5. The van der Waals surface area contributed by atoms with Gasteiger partial charge < -0.3 is 66.2 Å². The lowest BCUT2D eigenvalue weighted by Crippen LogP contribution is -2.39. The molecule has 22 heteroatoms. The zero-order valence-corrected chi connectivity index (χ0v) is 75.9. The lowest BCUT2D eigenvalue weighted by atomic mass is 10.1. The number of nitrogens with zero attached hydrogens (tertiary/aromatic N) is 17. The molecule has 0 aliphatic carbocycles. The Morgan fingerprint density at radius 2 is 0.591 bits per heavy atom. The van der Waals surface area contributed by atoms with Gasteiger partial charge in [0.25, 0.3) is 0 Å². The van der Waals surface area contributed by atoms with Gasteiger partial charge in [0.1, 0.15) is 30.8 Å². The summed E-state index contributed by atoms with van der Waals surface area (Å²) in [6, 6.07) is 59.4. The topological polar surface area (TPSA) is 188 Å². The minimum atomic E-state index is -0.682. The lowest BCUT2D eigenvalue weighted by Gasteiger charge is -2.33. The van der Waals surface area contributed by atoms with Gasteiger partial charge in [-0.15, -0.1) is 0 Å². The molecule has 5 aliphatic heterocycles. The van der Waals surface area contributed by atoms with Crippen LogP contribution in [0.1, 0.15) is 121 Å². The Morgan fingerprint density at radius 3 is 0.929 bits per heavy atom. The van der Waals surface area contributed by atoms with E-state index >= 15 is 0 Å². The number of fused-ring (bicyclic) bond motifs is 17. The third-order valence-electron chi connectivity index (χ3n) is 25.6. The van der Waals surface area contributed by atoms with Gasteiger partial charge in [0.2, 0.25) is 28.6 Å². The number of furan rings is 5. The van der Waals surface area contributed by atoms with E-state index in [4.69, 9.17) is 29.8 Å². The second-order valence-corrected chi connectivity index (χ2v) is 34.5. The minimum absolute atomic E-state index is 0.0352. The van der Waals surface area contributed by atoms with Crippen molar-refractivity contribution >= 4 is 167 Å². The number of aryl methyl sites for hydroxylation is 10. The SMILES string of the molecule is Cc1ccc2c(n1)oc1c(N3C=CN(C)C3C)c(C)ccc12.Cc1ccc2c(n1)oc1c(N3c4ccccc4N(C)C3C)c(C)ccc12.Cc1ccc2c(n1)oc1c(N3c4nccnc4N(c4ccccc4)C3C)c(C)ccc12.[2H]C(C)(C)N1C=CN(c2c(C)ccc3c2oc2nc(C)ccc23)C1C.[2H]C(C)(C)N1C=CN(c2c(C)ccc3c2oc2nc(C)ccc23)C1C. The molecule has 11 aromatic heterocycles. The largest absolute Gasteiger partial charge is 0.435 e. The number of hydrogen-bond donors (Lipinski definition) is 0. The standard InChI is InChI=1S/C25H21N5O.C22H21N3O.2C20H23N3O.C18H19N3O/c1-15-9-11-19-20-12-10-16(2)28-25(20)31-22(19)21(15)30-17(3)29(18-7-5-4-6-8-18)23-24(30)27-14-13-26-23;1-13-9-11-16-17-12-10-14(2)23-22(17)26-21(16)20(13)25-15(3)24(4)18-7-5-6-8-19(18)25;2*1-12(2)22-10-11-23(15(22)5)18-13(3)6-8-16-17-9-7-14(4)21-20(17)24-19(16)18;1-11-5-7-14-15-8-6-12(2)19-18(15)22-17(14)16(11)21-10-9-20(4)13(21)3/h4-14,17H,1-3H3;5-12,15H,1-4H3;2*6-12,15H,1-5H3;5-10,13H,1-4H3/i;;2*12D;. The summed E-state index contributed by atoms with van der Waals surface area (Å²) in [5.74, 6) is 1.65. The van der Waals surface area contributed by atoms with Gasteiger partial charge >= 0.3 is 0 Å². The summed E-state index contributed by atoms with van der Waals surface area (Å²) in [5.41, 5.74) is 27.2. The maximum Gasteiger partial charge on any atom is 0.227 e. The maximum atomic E-state index is 8.35. The van der Waals surface area contributed by atoms with E-state index in [0.29, 0.717) is 28.6 Å². The summed E-state index contributed by atoms with van der Waals surface area (Å²) in [5, 5.41) is 10.7. The highest BCUT2D eigenvalue weighted by Crippen LogP contribution is 2.52. The van der Waals surface area contributed by atoms with Crippen LogP contribution < -0.4 is 34.3 Å². The van der Waals surface area contributed by atoms with Gasteiger partial charge in [-0.3, -0.25) is 4.90 Å². The van der Waals surface area contributed by atoms with Gasteiger partial charge in [0.05, 0.1) is 42.6 Å². The molecule has 7 aromatic carbocycles. The zero-order valence-electron chi connectivity index (χ0n) is 77.9. The van der Waals surface area contributed by atoms with Crippen LogP contribution in [0, 0.1) is 69.2 Å². The van der Waals surface area contributed by atoms with Gasteiger partial charge in [0.15, 0.2) is 39.6 Å². The molecule has 0 saturated heterocycles. The van der Waals surface area contributed by atoms with Crippen LogP contribution in [0.2, 0.25) is 0 Å². The monoisotopic (exact) mass is 1690 g/mol. The molecule has 5 unspecified atom stereocenters. The summed E-state index contributed by atoms with van der Waals surface area (Å²) in [6.45, 7) is 38.9. The Kier molecular flexibility index (Phi) is 20.3. The Labute approximate surface area is 742 Å². The number of rotatable bonds is 8. The van der Waals surface area contributed by atoms with Crippen LogP contribution in [0.25, 0.3) is 110 Å². The molecule has 642 valence electrons. The van der Waals surface area contributed by atoms with E-state index in [1.807, 2.05) is 145 Å². The van der Waals surface area contributed by atoms with E-state index < -0.39 is 12.0 Å². The van der Waals surface area contributed by atoms with Crippen molar-refractivity contribution in [2.75, 3.05) is 48.4 Å². The molecule has 16 heterocycles. The van der Waals surface area contributed by atoms with E-state index in [2.05, 4.69) is 292 Å². The summed E-state index contributed by atoms with van der Waals surface area (Å²) < 4.78 is 47.8. The summed E-state index contributed by atoms with van der Waals surface area (Å²) in [7, 11) is 4.22. The van der Waals surface area contributed by atoms with Gasteiger partial charge in [0, 0.05) is 164 Å². The maximum absolute atomic E-state index is 8.35. The minimum Gasteiger partial charge on any atom is -0.435 e. The Balaban J connectivity index is 0.000000105. The molecule has 0 spiro atoms. The van der Waals surface area contributed by atoms with Crippen molar-refractivity contribution in [3.8, 4) is 0 Å². The van der Waals surface area contributed by atoms with Gasteiger partial charge in [-0.05, 0) is 244 Å². The van der Waals surface area contributed by atoms with Crippen LogP contribution in [0.3, 0.4) is 0 Å². The number of pyridine rings is 5. The van der Waals surface area contributed by atoms with Crippen LogP contribution in [-0.2, 0) is 0 Å². The Morgan fingerprint density at radius 1 is 0.291 bits per heavy atom. The molecular weight excluding hydrogens is 1580 g/mol. The van der Waals surface area contributed by atoms with Crippen molar-refractivity contribution in [2.24, 2.45) is 0 Å². The molecule has 127 heavy (non-hydrogen) atoms. The highest BCUT2D eigenvalue weighted by atomic mass is 16.4. The first-order valence-corrected chi connectivity index (χ1v) is 43.5. The highest BCUT2D eigenvalue weighted by molar-refractivity contribution is 6.14. The Hall–Kier alpha value is -14.4. The van der Waals surface area contributed by atoms with E-state index in [9.17, 15) is 0 Å². The van der Waals surface area contributed by atoms with Crippen LogP contribution in [0.4, 0.5) is 57.1 Å². The van der Waals surface area contributed by atoms with E-state index in [-0.39, 0.29) is 30.8 Å². The predicted molar refractivity (Wildman–Crippen MR) is 519 cm³/mol. The molecule has 23 rings (SSSR count). The predicted octanol–water partition coefficient (Wildman–Crippen LogP) is 25.6. The third-order valence-corrected chi connectivity index (χ3v) is 25.6. The number of benzene rings is 7. The molecule has 0 amide bonds. The van der Waals surface area contributed by atoms with Crippen molar-refractivity contribution in [1.29, 1.82) is 0 Å². The zero-order chi connectivity index (χ0) is 90.4. The number of anilines is 10. The molecule has 0 bridgehead atoms. The van der Waals surface area contributed by atoms with E-state index in [1.165, 1.54) is 22.5 Å². The van der Waals surface area contributed by atoms with Crippen LogP contribution in [-0.4, -0.2) is 107 Å². The van der Waals surface area contributed by atoms with Crippen molar-refractivity contribution in [1.82, 2.24) is 49.6 Å². The van der Waals surface area contributed by atoms with Crippen molar-refractivity contribution in [2.45, 2.75) is 174 Å². The fourth-order valence-electron chi connectivity index (χ4n) is 18.8. The van der Waals surface area contributed by atoms with E-state index in [0.717, 1.165) is 173 Å².